The van der Waals surface area contributed by atoms with Gasteiger partial charge < -0.3 is 30.0 Å². The monoisotopic (exact) mass is 358 g/mol. The molecule has 0 atom stereocenters. The predicted octanol–water partition coefficient (Wildman–Crippen LogP) is 1.29. The summed E-state index contributed by atoms with van der Waals surface area (Å²) in [5, 5.41) is 9.79. The van der Waals surface area contributed by atoms with Gasteiger partial charge in [0.2, 0.25) is 18.3 Å². The normalized spacial score (nSPS) is 17.8. The van der Waals surface area contributed by atoms with Crippen molar-refractivity contribution in [3.8, 4) is 17.2 Å². The maximum atomic E-state index is 12.0. The Morgan fingerprint density at radius 1 is 1.23 bits per heavy atom. The van der Waals surface area contributed by atoms with E-state index in [1.807, 2.05) is 4.90 Å². The molecule has 3 heterocycles. The van der Waals surface area contributed by atoms with Gasteiger partial charge in [-0.1, -0.05) is 0 Å². The number of aromatic nitrogens is 2. The third-order valence-electron chi connectivity index (χ3n) is 4.57. The fourth-order valence-corrected chi connectivity index (χ4v) is 3.11. The Hall–Kier alpha value is -3.23. The smallest absolute Gasteiger partial charge is 0.348 e. The van der Waals surface area contributed by atoms with Gasteiger partial charge in [-0.25, -0.2) is 9.78 Å². The first-order valence-electron chi connectivity index (χ1n) is 8.21. The molecular weight excluding hydrogens is 340 g/mol. The van der Waals surface area contributed by atoms with Gasteiger partial charge in [-0.3, -0.25) is 0 Å². The van der Waals surface area contributed by atoms with Gasteiger partial charge in [0.05, 0.1) is 0 Å². The Bertz CT molecular complexity index is 836. The van der Waals surface area contributed by atoms with Crippen molar-refractivity contribution in [1.29, 1.82) is 0 Å². The van der Waals surface area contributed by atoms with Crippen molar-refractivity contribution >= 4 is 17.7 Å². The molecule has 2 aliphatic rings. The second-order valence-electron chi connectivity index (χ2n) is 6.19. The average Bonchev–Trinajstić information content (AvgIpc) is 3.10. The van der Waals surface area contributed by atoms with Gasteiger partial charge in [0, 0.05) is 38.2 Å². The Kier molecular flexibility index (Phi) is 3.90. The number of aliphatic carboxylic acids is 1. The standard InChI is InChI=1S/C17H18N4O5/c18-14-3-6-19-16(20-14)21-7-4-17(5-8-21,15(22)23)26-11-1-2-12-13(9-11)25-10-24-12/h1-3,6,9H,4-5,7-8,10H2,(H,22,23)(H2,18,19,20). The molecule has 1 fully saturated rings. The molecule has 2 aromatic rings. The van der Waals surface area contributed by atoms with E-state index in [0.717, 1.165) is 0 Å². The highest BCUT2D eigenvalue weighted by Gasteiger charge is 2.44. The SMILES string of the molecule is Nc1ccnc(N2CCC(Oc3ccc4c(c3)OCO4)(C(=O)O)CC2)n1. The summed E-state index contributed by atoms with van der Waals surface area (Å²) in [5.74, 6) is 1.48. The zero-order valence-corrected chi connectivity index (χ0v) is 13.9. The van der Waals surface area contributed by atoms with Gasteiger partial charge >= 0.3 is 5.97 Å². The van der Waals surface area contributed by atoms with Crippen LogP contribution in [0.4, 0.5) is 11.8 Å². The highest BCUT2D eigenvalue weighted by atomic mass is 16.7. The maximum Gasteiger partial charge on any atom is 0.348 e. The van der Waals surface area contributed by atoms with Crippen LogP contribution < -0.4 is 24.8 Å². The first kappa shape index (κ1) is 16.2. The first-order valence-corrected chi connectivity index (χ1v) is 8.21. The van der Waals surface area contributed by atoms with Gasteiger partial charge in [0.25, 0.3) is 0 Å². The van der Waals surface area contributed by atoms with E-state index in [-0.39, 0.29) is 19.6 Å². The lowest BCUT2D eigenvalue weighted by atomic mass is 9.91. The molecule has 3 N–H and O–H groups in total. The lowest BCUT2D eigenvalue weighted by molar-refractivity contribution is -0.157. The predicted molar refractivity (Wildman–Crippen MR) is 91.5 cm³/mol. The number of nitrogens with two attached hydrogens (primary N) is 1. The van der Waals surface area contributed by atoms with Crippen LogP contribution in [0, 0.1) is 0 Å². The number of hydrogen-bond acceptors (Lipinski definition) is 8. The molecule has 2 aliphatic heterocycles. The lowest BCUT2D eigenvalue weighted by Crippen LogP contribution is -2.53. The second-order valence-corrected chi connectivity index (χ2v) is 6.19. The van der Waals surface area contributed by atoms with Crippen molar-refractivity contribution in [2.24, 2.45) is 0 Å². The molecule has 0 amide bonds. The number of carbonyl (C=O) groups is 1. The summed E-state index contributed by atoms with van der Waals surface area (Å²) >= 11 is 0. The van der Waals surface area contributed by atoms with Crippen molar-refractivity contribution in [1.82, 2.24) is 9.97 Å². The summed E-state index contributed by atoms with van der Waals surface area (Å²) in [6, 6.07) is 6.66. The van der Waals surface area contributed by atoms with Crippen molar-refractivity contribution in [3.05, 3.63) is 30.5 Å². The molecule has 1 aromatic heterocycles. The molecule has 0 saturated carbocycles. The van der Waals surface area contributed by atoms with Crippen LogP contribution in [0.3, 0.4) is 0 Å². The zero-order valence-electron chi connectivity index (χ0n) is 13.9. The minimum absolute atomic E-state index is 0.151. The molecule has 9 heteroatoms. The van der Waals surface area contributed by atoms with E-state index in [1.54, 1.807) is 30.5 Å². The number of carboxylic acids is 1. The maximum absolute atomic E-state index is 12.0. The molecule has 1 aromatic carbocycles. The summed E-state index contributed by atoms with van der Waals surface area (Å²) < 4.78 is 16.5. The third kappa shape index (κ3) is 2.92. The lowest BCUT2D eigenvalue weighted by Gasteiger charge is -2.38. The Morgan fingerprint density at radius 3 is 2.73 bits per heavy atom. The number of hydrogen-bond donors (Lipinski definition) is 2. The summed E-state index contributed by atoms with van der Waals surface area (Å²) in [4.78, 5) is 22.2. The Balaban J connectivity index is 1.51. The van der Waals surface area contributed by atoms with Crippen LogP contribution >= 0.6 is 0 Å². The van der Waals surface area contributed by atoms with E-state index in [9.17, 15) is 9.90 Å². The Morgan fingerprint density at radius 2 is 2.00 bits per heavy atom. The van der Waals surface area contributed by atoms with Crippen molar-refractivity contribution in [2.45, 2.75) is 18.4 Å². The van der Waals surface area contributed by atoms with Gasteiger partial charge in [-0.15, -0.1) is 0 Å². The van der Waals surface area contributed by atoms with Crippen LogP contribution in [0.25, 0.3) is 0 Å². The molecule has 0 radical (unpaired) electrons. The number of carboxylic acid groups (broad SMARTS) is 1. The number of ether oxygens (including phenoxy) is 3. The van der Waals surface area contributed by atoms with Crippen molar-refractivity contribution < 1.29 is 24.1 Å². The Labute approximate surface area is 149 Å². The molecule has 136 valence electrons. The summed E-state index contributed by atoms with van der Waals surface area (Å²) in [7, 11) is 0. The third-order valence-corrected chi connectivity index (χ3v) is 4.57. The van der Waals surface area contributed by atoms with Crippen LogP contribution in [0.2, 0.25) is 0 Å². The first-order chi connectivity index (χ1) is 12.6. The number of rotatable bonds is 4. The highest BCUT2D eigenvalue weighted by molar-refractivity contribution is 5.78. The van der Waals surface area contributed by atoms with E-state index in [1.165, 1.54) is 0 Å². The highest BCUT2D eigenvalue weighted by Crippen LogP contribution is 2.38. The largest absolute Gasteiger partial charge is 0.478 e. The van der Waals surface area contributed by atoms with E-state index in [2.05, 4.69) is 9.97 Å². The van der Waals surface area contributed by atoms with E-state index in [0.29, 0.717) is 42.1 Å². The number of anilines is 2. The van der Waals surface area contributed by atoms with Gasteiger partial charge in [0.1, 0.15) is 11.6 Å². The van der Waals surface area contributed by atoms with Crippen LogP contribution in [-0.2, 0) is 4.79 Å². The molecule has 0 spiro atoms. The fraction of sp³-hybridized carbons (Fsp3) is 0.353. The number of piperidine rings is 1. The fourth-order valence-electron chi connectivity index (χ4n) is 3.11. The van der Waals surface area contributed by atoms with Gasteiger partial charge in [-0.05, 0) is 18.2 Å². The van der Waals surface area contributed by atoms with Crippen LogP contribution in [-0.4, -0.2) is 46.5 Å². The van der Waals surface area contributed by atoms with E-state index in [4.69, 9.17) is 19.9 Å². The second kappa shape index (κ2) is 6.25. The summed E-state index contributed by atoms with van der Waals surface area (Å²) in [5.41, 5.74) is 4.38. The summed E-state index contributed by atoms with van der Waals surface area (Å²) in [6.45, 7) is 1.04. The molecule has 4 rings (SSSR count). The number of fused-ring (bicyclic) bond motifs is 1. The van der Waals surface area contributed by atoms with Crippen LogP contribution in [0.1, 0.15) is 12.8 Å². The zero-order chi connectivity index (χ0) is 18.1. The number of nitrogens with zero attached hydrogens (tertiary/aromatic N) is 3. The minimum atomic E-state index is -1.31. The molecule has 1 saturated heterocycles. The van der Waals surface area contributed by atoms with E-state index >= 15 is 0 Å². The number of nitrogen functional groups attached to an aromatic ring is 1. The van der Waals surface area contributed by atoms with E-state index < -0.39 is 11.6 Å². The van der Waals surface area contributed by atoms with Crippen molar-refractivity contribution in [2.75, 3.05) is 30.5 Å². The molecule has 0 bridgehead atoms. The molecule has 0 unspecified atom stereocenters. The van der Waals surface area contributed by atoms with Crippen molar-refractivity contribution in [3.63, 3.8) is 0 Å². The van der Waals surface area contributed by atoms with Crippen LogP contribution in [0.15, 0.2) is 30.5 Å². The minimum Gasteiger partial charge on any atom is -0.478 e. The van der Waals surface area contributed by atoms with Crippen LogP contribution in [0.5, 0.6) is 17.2 Å². The van der Waals surface area contributed by atoms with Gasteiger partial charge in [0.15, 0.2) is 11.5 Å². The quantitative estimate of drug-likeness (QED) is 0.833. The van der Waals surface area contributed by atoms with Gasteiger partial charge in [-0.2, -0.15) is 4.98 Å². The molecule has 26 heavy (non-hydrogen) atoms. The number of benzene rings is 1. The topological polar surface area (TPSA) is 120 Å². The average molecular weight is 358 g/mol. The summed E-state index contributed by atoms with van der Waals surface area (Å²) in [6.07, 6.45) is 2.16. The molecular formula is C17H18N4O5. The molecule has 9 nitrogen and oxygen atoms in total. The molecule has 0 aliphatic carbocycles.